The molecule has 2 aliphatic carbocycles. The Labute approximate surface area is 226 Å². The number of nitriles is 1. The molecule has 3 atom stereocenters. The van der Waals surface area contributed by atoms with Gasteiger partial charge in [-0.2, -0.15) is 10.4 Å². The predicted molar refractivity (Wildman–Crippen MR) is 144 cm³/mol. The van der Waals surface area contributed by atoms with Crippen LogP contribution < -0.4 is 0 Å². The molecule has 0 radical (unpaired) electrons. The lowest BCUT2D eigenvalue weighted by atomic mass is 9.56. The SMILES string of the molecule is CCC[C@H]1C(=O)C(C#N)=C[C@@]2(C)c3c(c(-c4ccncn4)nn3-c3ccc(-c4cncc(F)c4)cc3)CC[C@H]12. The third kappa shape index (κ3) is 4.06. The fourth-order valence-corrected chi connectivity index (χ4v) is 6.48. The van der Waals surface area contributed by atoms with Crippen LogP contribution in [-0.4, -0.2) is 30.5 Å². The molecular formula is C31H27FN6O. The normalized spacial score (nSPS) is 22.0. The van der Waals surface area contributed by atoms with E-state index in [9.17, 15) is 14.4 Å². The minimum Gasteiger partial charge on any atom is -0.293 e. The largest absolute Gasteiger partial charge is 0.293 e. The number of allylic oxidation sites excluding steroid dienone is 2. The van der Waals surface area contributed by atoms with E-state index in [1.807, 2.05) is 41.1 Å². The average molecular weight is 519 g/mol. The fraction of sp³-hybridized carbons (Fsp3) is 0.290. The molecule has 0 unspecified atom stereocenters. The van der Waals surface area contributed by atoms with Crippen molar-refractivity contribution in [2.45, 2.75) is 44.9 Å². The van der Waals surface area contributed by atoms with Crippen molar-refractivity contribution in [1.82, 2.24) is 24.7 Å². The van der Waals surface area contributed by atoms with Gasteiger partial charge in [0.2, 0.25) is 0 Å². The predicted octanol–water partition coefficient (Wildman–Crippen LogP) is 5.80. The Hall–Kier alpha value is -4.51. The Balaban J connectivity index is 1.56. The van der Waals surface area contributed by atoms with Gasteiger partial charge in [-0.3, -0.25) is 9.78 Å². The van der Waals surface area contributed by atoms with E-state index < -0.39 is 5.41 Å². The second kappa shape index (κ2) is 9.66. The van der Waals surface area contributed by atoms with Gasteiger partial charge in [-0.05, 0) is 55.0 Å². The molecule has 0 saturated carbocycles. The number of nitrogens with zero attached hydrogens (tertiary/aromatic N) is 6. The van der Waals surface area contributed by atoms with Crippen LogP contribution in [0.4, 0.5) is 4.39 Å². The first-order valence-corrected chi connectivity index (χ1v) is 13.2. The molecule has 0 saturated heterocycles. The third-order valence-electron chi connectivity index (χ3n) is 8.20. The zero-order valence-corrected chi connectivity index (χ0v) is 21.8. The molecule has 0 spiro atoms. The lowest BCUT2D eigenvalue weighted by Crippen LogP contribution is -2.47. The minimum absolute atomic E-state index is 0.0413. The highest BCUT2D eigenvalue weighted by molar-refractivity contribution is 6.02. The topological polar surface area (TPSA) is 97.4 Å². The molecule has 3 aromatic heterocycles. The van der Waals surface area contributed by atoms with Crippen LogP contribution in [-0.2, 0) is 16.6 Å². The average Bonchev–Trinajstić information content (AvgIpc) is 3.36. The van der Waals surface area contributed by atoms with E-state index in [1.165, 1.54) is 18.6 Å². The van der Waals surface area contributed by atoms with Gasteiger partial charge in [0.05, 0.1) is 28.8 Å². The summed E-state index contributed by atoms with van der Waals surface area (Å²) < 4.78 is 15.7. The van der Waals surface area contributed by atoms with Gasteiger partial charge in [0.25, 0.3) is 0 Å². The van der Waals surface area contributed by atoms with Crippen LogP contribution in [0.15, 0.2) is 73.0 Å². The van der Waals surface area contributed by atoms with E-state index in [0.29, 0.717) is 5.56 Å². The highest BCUT2D eigenvalue weighted by atomic mass is 19.1. The second-order valence-electron chi connectivity index (χ2n) is 10.5. The molecule has 6 rings (SSSR count). The molecule has 39 heavy (non-hydrogen) atoms. The molecule has 0 N–H and O–H groups in total. The highest BCUT2D eigenvalue weighted by Crippen LogP contribution is 2.53. The van der Waals surface area contributed by atoms with Crippen molar-refractivity contribution >= 4 is 5.78 Å². The van der Waals surface area contributed by atoms with Gasteiger partial charge in [-0.25, -0.2) is 19.0 Å². The van der Waals surface area contributed by atoms with E-state index in [4.69, 9.17) is 5.10 Å². The first kappa shape index (κ1) is 24.8. The number of ketones is 1. The van der Waals surface area contributed by atoms with Crippen LogP contribution in [0, 0.1) is 29.0 Å². The van der Waals surface area contributed by atoms with Crippen molar-refractivity contribution < 1.29 is 9.18 Å². The number of hydrogen-bond acceptors (Lipinski definition) is 6. The molecule has 0 fully saturated rings. The second-order valence-corrected chi connectivity index (χ2v) is 10.5. The molecule has 2 aliphatic rings. The minimum atomic E-state index is -0.574. The molecule has 194 valence electrons. The van der Waals surface area contributed by atoms with Crippen molar-refractivity contribution in [2.24, 2.45) is 11.8 Å². The van der Waals surface area contributed by atoms with E-state index in [0.717, 1.165) is 59.6 Å². The summed E-state index contributed by atoms with van der Waals surface area (Å²) in [4.78, 5) is 25.8. The van der Waals surface area contributed by atoms with Gasteiger partial charge in [-0.1, -0.05) is 38.5 Å². The van der Waals surface area contributed by atoms with Crippen LogP contribution in [0.25, 0.3) is 28.2 Å². The molecule has 4 aromatic rings. The monoisotopic (exact) mass is 518 g/mol. The highest BCUT2D eigenvalue weighted by Gasteiger charge is 2.51. The molecule has 3 heterocycles. The van der Waals surface area contributed by atoms with Crippen molar-refractivity contribution in [1.29, 1.82) is 5.26 Å². The molecular weight excluding hydrogens is 491 g/mol. The first-order valence-electron chi connectivity index (χ1n) is 13.2. The van der Waals surface area contributed by atoms with Crippen molar-refractivity contribution in [3.63, 3.8) is 0 Å². The molecule has 0 aliphatic heterocycles. The van der Waals surface area contributed by atoms with Gasteiger partial charge in [-0.15, -0.1) is 0 Å². The quantitative estimate of drug-likeness (QED) is 0.331. The summed E-state index contributed by atoms with van der Waals surface area (Å²) in [5, 5.41) is 15.0. The maximum Gasteiger partial charge on any atom is 0.176 e. The van der Waals surface area contributed by atoms with Gasteiger partial charge < -0.3 is 0 Å². The van der Waals surface area contributed by atoms with Crippen LogP contribution in [0.3, 0.4) is 0 Å². The molecule has 7 nitrogen and oxygen atoms in total. The standard InChI is InChI=1S/C31H27FN6O/c1-3-4-24-26-10-9-25-28(27-11-12-34-18-36-27)37-38(30(25)31(26,2)14-21(15-33)29(24)39)23-7-5-19(6-8-23)20-13-22(32)17-35-16-20/h5-8,11-14,16-18,24,26H,3-4,9-10H2,1-2H3/t24-,26-,31-/m1/s1. The van der Waals surface area contributed by atoms with E-state index in [1.54, 1.807) is 12.4 Å². The molecule has 8 heteroatoms. The maximum atomic E-state index is 13.8. The van der Waals surface area contributed by atoms with Crippen LogP contribution in [0.2, 0.25) is 0 Å². The van der Waals surface area contributed by atoms with E-state index in [2.05, 4.69) is 34.9 Å². The number of rotatable bonds is 5. The Morgan fingerprint density at radius 2 is 1.97 bits per heavy atom. The van der Waals surface area contributed by atoms with Gasteiger partial charge in [0.1, 0.15) is 23.9 Å². The molecule has 0 bridgehead atoms. The Morgan fingerprint density at radius 3 is 2.67 bits per heavy atom. The summed E-state index contributed by atoms with van der Waals surface area (Å²) in [5.74, 6) is -0.581. The summed E-state index contributed by atoms with van der Waals surface area (Å²) in [5.41, 5.74) is 5.57. The number of pyridine rings is 1. The number of aromatic nitrogens is 5. The fourth-order valence-electron chi connectivity index (χ4n) is 6.48. The zero-order valence-electron chi connectivity index (χ0n) is 21.8. The number of fused-ring (bicyclic) bond motifs is 3. The van der Waals surface area contributed by atoms with Crippen molar-refractivity contribution in [3.8, 4) is 34.3 Å². The summed E-state index contributed by atoms with van der Waals surface area (Å²) in [6.45, 7) is 4.22. The Bertz CT molecular complexity index is 1640. The Kier molecular flexibility index (Phi) is 6.15. The number of carbonyl (C=O) groups excluding carboxylic acids is 1. The first-order chi connectivity index (χ1) is 18.9. The summed E-state index contributed by atoms with van der Waals surface area (Å²) >= 11 is 0. The van der Waals surface area contributed by atoms with Crippen LogP contribution in [0.1, 0.15) is 44.4 Å². The lowest BCUT2D eigenvalue weighted by molar-refractivity contribution is -0.122. The van der Waals surface area contributed by atoms with Gasteiger partial charge in [0, 0.05) is 34.9 Å². The van der Waals surface area contributed by atoms with Crippen LogP contribution >= 0.6 is 0 Å². The smallest absolute Gasteiger partial charge is 0.176 e. The number of Topliss-reactive ketones (excluding diaryl/α,β-unsaturated/α-hetero) is 1. The summed E-state index contributed by atoms with van der Waals surface area (Å²) in [6, 6.07) is 13.2. The molecule has 1 aromatic carbocycles. The summed E-state index contributed by atoms with van der Waals surface area (Å²) in [6.07, 6.45) is 11.1. The van der Waals surface area contributed by atoms with E-state index in [-0.39, 0.29) is 29.0 Å². The number of benzene rings is 1. The maximum absolute atomic E-state index is 13.8. The lowest BCUT2D eigenvalue weighted by Gasteiger charge is -2.46. The Morgan fingerprint density at radius 1 is 1.15 bits per heavy atom. The number of hydrogen-bond donors (Lipinski definition) is 0. The molecule has 0 amide bonds. The van der Waals surface area contributed by atoms with Crippen molar-refractivity contribution in [2.75, 3.05) is 0 Å². The van der Waals surface area contributed by atoms with Crippen molar-refractivity contribution in [3.05, 3.63) is 90.0 Å². The third-order valence-corrected chi connectivity index (χ3v) is 8.20. The zero-order chi connectivity index (χ0) is 27.1. The number of halogens is 1. The van der Waals surface area contributed by atoms with E-state index >= 15 is 0 Å². The van der Waals surface area contributed by atoms with Crippen LogP contribution in [0.5, 0.6) is 0 Å². The number of carbonyl (C=O) groups is 1. The summed E-state index contributed by atoms with van der Waals surface area (Å²) in [7, 11) is 0. The van der Waals surface area contributed by atoms with Gasteiger partial charge in [0.15, 0.2) is 5.78 Å². The van der Waals surface area contributed by atoms with Gasteiger partial charge >= 0.3 is 0 Å².